The summed E-state index contributed by atoms with van der Waals surface area (Å²) in [5.74, 6) is -0.862. The van der Waals surface area contributed by atoms with E-state index >= 15 is 0 Å². The minimum Gasteiger partial charge on any atom is -0.481 e. The van der Waals surface area contributed by atoms with Crippen molar-refractivity contribution in [2.45, 2.75) is 20.4 Å². The number of hydrogen-bond acceptors (Lipinski definition) is 4. The molecule has 7 heteroatoms. The van der Waals surface area contributed by atoms with Gasteiger partial charge in [0, 0.05) is 10.0 Å². The molecule has 19 heavy (non-hydrogen) atoms. The lowest BCUT2D eigenvalue weighted by molar-refractivity contribution is -0.141. The predicted molar refractivity (Wildman–Crippen MR) is 72.5 cm³/mol. The molecule has 1 atom stereocenters. The molecule has 2 rings (SSSR count). The van der Waals surface area contributed by atoms with Crippen molar-refractivity contribution < 1.29 is 9.90 Å². The van der Waals surface area contributed by atoms with Gasteiger partial charge in [0.15, 0.2) is 5.82 Å². The van der Waals surface area contributed by atoms with E-state index in [1.165, 1.54) is 4.68 Å². The van der Waals surface area contributed by atoms with E-state index in [9.17, 15) is 4.79 Å². The largest absolute Gasteiger partial charge is 0.481 e. The molecule has 6 nitrogen and oxygen atoms in total. The van der Waals surface area contributed by atoms with Crippen molar-refractivity contribution in [3.63, 3.8) is 0 Å². The summed E-state index contributed by atoms with van der Waals surface area (Å²) in [6, 6.07) is 5.78. The van der Waals surface area contributed by atoms with E-state index in [0.29, 0.717) is 5.82 Å². The molecule has 0 radical (unpaired) electrons. The lowest BCUT2D eigenvalue weighted by Crippen LogP contribution is -2.18. The maximum absolute atomic E-state index is 10.9. The number of rotatable bonds is 4. The smallest absolute Gasteiger partial charge is 0.308 e. The quantitative estimate of drug-likeness (QED) is 0.931. The van der Waals surface area contributed by atoms with E-state index in [2.05, 4.69) is 31.5 Å². The van der Waals surface area contributed by atoms with Gasteiger partial charge in [-0.25, -0.2) is 4.68 Å². The highest BCUT2D eigenvalue weighted by molar-refractivity contribution is 9.10. The molecule has 1 N–H and O–H groups in total. The summed E-state index contributed by atoms with van der Waals surface area (Å²) in [7, 11) is 0. The van der Waals surface area contributed by atoms with Crippen LogP contribution in [0.3, 0.4) is 0 Å². The van der Waals surface area contributed by atoms with Crippen molar-refractivity contribution >= 4 is 21.9 Å². The normalized spacial score (nSPS) is 12.4. The van der Waals surface area contributed by atoms with Gasteiger partial charge in [-0.2, -0.15) is 0 Å². The van der Waals surface area contributed by atoms with Crippen LogP contribution in [0.2, 0.25) is 0 Å². The Hall–Kier alpha value is -1.76. The summed E-state index contributed by atoms with van der Waals surface area (Å²) in [5.41, 5.74) is 1.92. The fourth-order valence-corrected chi connectivity index (χ4v) is 2.12. The minimum atomic E-state index is -0.871. The molecule has 1 aromatic heterocycles. The van der Waals surface area contributed by atoms with E-state index in [4.69, 9.17) is 5.11 Å². The van der Waals surface area contributed by atoms with E-state index in [0.717, 1.165) is 15.6 Å². The third kappa shape index (κ3) is 2.81. The fraction of sp³-hybridized carbons (Fsp3) is 0.333. The summed E-state index contributed by atoms with van der Waals surface area (Å²) in [6.45, 7) is 3.83. The molecule has 1 unspecified atom stereocenters. The highest BCUT2D eigenvalue weighted by Crippen LogP contribution is 2.29. The minimum absolute atomic E-state index is 0.234. The van der Waals surface area contributed by atoms with Gasteiger partial charge >= 0.3 is 5.97 Å². The molecule has 0 aliphatic carbocycles. The Morgan fingerprint density at radius 1 is 1.53 bits per heavy atom. The molecule has 0 spiro atoms. The molecule has 2 aromatic rings. The van der Waals surface area contributed by atoms with Crippen molar-refractivity contribution in [2.24, 2.45) is 5.92 Å². The van der Waals surface area contributed by atoms with Crippen LogP contribution in [0.25, 0.3) is 11.4 Å². The first-order valence-corrected chi connectivity index (χ1v) is 6.54. The van der Waals surface area contributed by atoms with Gasteiger partial charge in [0.05, 0.1) is 12.5 Å². The average Bonchev–Trinajstić information content (AvgIpc) is 2.80. The summed E-state index contributed by atoms with van der Waals surface area (Å²) in [5, 5.41) is 20.4. The Labute approximate surface area is 118 Å². The second kappa shape index (κ2) is 5.48. The molecular formula is C12H13BrN4O2. The molecule has 1 aromatic carbocycles. The third-order valence-electron chi connectivity index (χ3n) is 2.83. The number of carbonyl (C=O) groups is 1. The molecule has 0 aliphatic rings. The number of aliphatic carboxylic acids is 1. The van der Waals surface area contributed by atoms with E-state index in [1.54, 1.807) is 6.92 Å². The van der Waals surface area contributed by atoms with Gasteiger partial charge in [0.2, 0.25) is 0 Å². The molecule has 0 aliphatic heterocycles. The predicted octanol–water partition coefficient (Wildman–Crippen LogP) is 2.13. The Balaban J connectivity index is 2.39. The highest BCUT2D eigenvalue weighted by atomic mass is 79.9. The second-order valence-corrected chi connectivity index (χ2v) is 5.15. The van der Waals surface area contributed by atoms with Gasteiger partial charge in [0.1, 0.15) is 0 Å². The number of aromatic nitrogens is 4. The molecule has 1 heterocycles. The number of benzene rings is 1. The highest BCUT2D eigenvalue weighted by Gasteiger charge is 2.18. The van der Waals surface area contributed by atoms with Crippen LogP contribution in [0.1, 0.15) is 12.5 Å². The van der Waals surface area contributed by atoms with Crippen LogP contribution < -0.4 is 0 Å². The van der Waals surface area contributed by atoms with Crippen LogP contribution in [-0.4, -0.2) is 31.3 Å². The van der Waals surface area contributed by atoms with Gasteiger partial charge in [-0.15, -0.1) is 5.10 Å². The van der Waals surface area contributed by atoms with Crippen molar-refractivity contribution in [3.05, 3.63) is 28.2 Å². The maximum atomic E-state index is 10.9. The Morgan fingerprint density at radius 2 is 2.26 bits per heavy atom. The van der Waals surface area contributed by atoms with Crippen LogP contribution in [0.5, 0.6) is 0 Å². The zero-order chi connectivity index (χ0) is 14.0. The van der Waals surface area contributed by atoms with Crippen molar-refractivity contribution in [1.82, 2.24) is 20.2 Å². The third-order valence-corrected chi connectivity index (χ3v) is 3.89. The van der Waals surface area contributed by atoms with E-state index in [1.807, 2.05) is 25.1 Å². The number of tetrazole rings is 1. The van der Waals surface area contributed by atoms with Crippen molar-refractivity contribution in [1.29, 1.82) is 0 Å². The first-order chi connectivity index (χ1) is 9.00. The SMILES string of the molecule is Cc1cccc(-c2nnnn2CC(C)C(=O)O)c1Br. The van der Waals surface area contributed by atoms with Crippen LogP contribution in [0.15, 0.2) is 22.7 Å². The fourth-order valence-electron chi connectivity index (χ4n) is 1.68. The molecule has 100 valence electrons. The topological polar surface area (TPSA) is 80.9 Å². The van der Waals surface area contributed by atoms with Gasteiger partial charge in [0.25, 0.3) is 0 Å². The monoisotopic (exact) mass is 324 g/mol. The number of aryl methyl sites for hydroxylation is 1. The van der Waals surface area contributed by atoms with Gasteiger partial charge in [-0.05, 0) is 44.9 Å². The van der Waals surface area contributed by atoms with Crippen molar-refractivity contribution in [3.8, 4) is 11.4 Å². The molecule has 0 bridgehead atoms. The Kier molecular flexibility index (Phi) is 3.94. The Morgan fingerprint density at radius 3 is 2.95 bits per heavy atom. The number of halogens is 1. The average molecular weight is 325 g/mol. The summed E-state index contributed by atoms with van der Waals surface area (Å²) in [4.78, 5) is 10.9. The second-order valence-electron chi connectivity index (χ2n) is 4.36. The number of hydrogen-bond donors (Lipinski definition) is 1. The van der Waals surface area contributed by atoms with Crippen molar-refractivity contribution in [2.75, 3.05) is 0 Å². The van der Waals surface area contributed by atoms with Crippen LogP contribution >= 0.6 is 15.9 Å². The van der Waals surface area contributed by atoms with E-state index < -0.39 is 11.9 Å². The number of carboxylic acid groups (broad SMARTS) is 1. The molecule has 0 saturated carbocycles. The summed E-state index contributed by atoms with van der Waals surface area (Å²) in [6.07, 6.45) is 0. The van der Waals surface area contributed by atoms with Gasteiger partial charge in [-0.3, -0.25) is 4.79 Å². The zero-order valence-electron chi connectivity index (χ0n) is 10.5. The van der Waals surface area contributed by atoms with Gasteiger partial charge < -0.3 is 5.11 Å². The zero-order valence-corrected chi connectivity index (χ0v) is 12.1. The number of nitrogens with zero attached hydrogens (tertiary/aromatic N) is 4. The lowest BCUT2D eigenvalue weighted by atomic mass is 10.1. The lowest BCUT2D eigenvalue weighted by Gasteiger charge is -2.10. The number of carboxylic acids is 1. The van der Waals surface area contributed by atoms with Gasteiger partial charge in [-0.1, -0.05) is 19.1 Å². The molecule has 0 saturated heterocycles. The van der Waals surface area contributed by atoms with Crippen LogP contribution in [0, 0.1) is 12.8 Å². The molecule has 0 fully saturated rings. The standard InChI is InChI=1S/C12H13BrN4O2/c1-7-4-3-5-9(10(7)13)11-14-15-16-17(11)6-8(2)12(18)19/h3-5,8H,6H2,1-2H3,(H,18,19). The maximum Gasteiger partial charge on any atom is 0.308 e. The molecular weight excluding hydrogens is 312 g/mol. The Bertz CT molecular complexity index is 612. The summed E-state index contributed by atoms with van der Waals surface area (Å²) < 4.78 is 2.42. The van der Waals surface area contributed by atoms with Crippen LogP contribution in [0.4, 0.5) is 0 Å². The summed E-state index contributed by atoms with van der Waals surface area (Å²) >= 11 is 3.51. The van der Waals surface area contributed by atoms with Crippen LogP contribution in [-0.2, 0) is 11.3 Å². The first kappa shape index (κ1) is 13.7. The first-order valence-electron chi connectivity index (χ1n) is 5.75. The molecule has 0 amide bonds. The van der Waals surface area contributed by atoms with E-state index in [-0.39, 0.29) is 6.54 Å².